The first-order valence-electron chi connectivity index (χ1n) is 10.3. The molecule has 0 N–H and O–H groups in total. The minimum Gasteiger partial charge on any atom is -0.493 e. The van der Waals surface area contributed by atoms with Gasteiger partial charge in [-0.3, -0.25) is 0 Å². The van der Waals surface area contributed by atoms with Gasteiger partial charge >= 0.3 is 0 Å². The van der Waals surface area contributed by atoms with E-state index in [9.17, 15) is 0 Å². The van der Waals surface area contributed by atoms with Crippen LogP contribution >= 0.6 is 0 Å². The van der Waals surface area contributed by atoms with Gasteiger partial charge < -0.3 is 33.2 Å². The SMILES string of the molecule is COc1cc([C@H]2c3c(cc(OC)c(OC)c3OC)C[C@H]3COC[C@@H]32)cc(OC)c1OC. The highest BCUT2D eigenvalue weighted by Gasteiger charge is 2.44. The highest BCUT2D eigenvalue weighted by atomic mass is 16.5. The van der Waals surface area contributed by atoms with Crippen molar-refractivity contribution in [3.8, 4) is 34.5 Å². The molecule has 7 heteroatoms. The average Bonchev–Trinajstić information content (AvgIpc) is 3.28. The minimum atomic E-state index is 0.0136. The van der Waals surface area contributed by atoms with E-state index in [1.807, 2.05) is 12.1 Å². The van der Waals surface area contributed by atoms with E-state index in [1.54, 1.807) is 42.7 Å². The zero-order valence-electron chi connectivity index (χ0n) is 18.9. The van der Waals surface area contributed by atoms with Gasteiger partial charge in [-0.05, 0) is 47.6 Å². The lowest BCUT2D eigenvalue weighted by Gasteiger charge is -2.37. The summed E-state index contributed by atoms with van der Waals surface area (Å²) in [6.45, 7) is 1.42. The van der Waals surface area contributed by atoms with Crippen molar-refractivity contribution in [2.45, 2.75) is 12.3 Å². The fraction of sp³-hybridized carbons (Fsp3) is 0.500. The zero-order chi connectivity index (χ0) is 22.1. The van der Waals surface area contributed by atoms with Crippen molar-refractivity contribution >= 4 is 0 Å². The van der Waals surface area contributed by atoms with Gasteiger partial charge in [-0.2, -0.15) is 0 Å². The molecule has 0 unspecified atom stereocenters. The summed E-state index contributed by atoms with van der Waals surface area (Å²) >= 11 is 0. The molecule has 0 spiro atoms. The minimum absolute atomic E-state index is 0.0136. The normalized spacial score (nSPS) is 21.7. The van der Waals surface area contributed by atoms with Gasteiger partial charge in [0.2, 0.25) is 11.5 Å². The Hall–Kier alpha value is -2.80. The maximum atomic E-state index is 5.93. The number of ether oxygens (including phenoxy) is 7. The van der Waals surface area contributed by atoms with Crippen molar-refractivity contribution in [3.63, 3.8) is 0 Å². The first-order valence-corrected chi connectivity index (χ1v) is 10.3. The van der Waals surface area contributed by atoms with Crippen molar-refractivity contribution in [3.05, 3.63) is 34.9 Å². The first-order chi connectivity index (χ1) is 15.1. The van der Waals surface area contributed by atoms with Crippen LogP contribution in [0, 0.1) is 11.8 Å². The summed E-state index contributed by atoms with van der Waals surface area (Å²) < 4.78 is 39.9. The van der Waals surface area contributed by atoms with Crippen LogP contribution in [0.2, 0.25) is 0 Å². The standard InChI is InChI=1S/C24H30O7/c1-25-17-9-14(10-18(26-2)22(17)28-4)20-16-12-31-11-15(16)7-13-8-19(27-3)23(29-5)24(30-6)21(13)20/h8-10,15-16,20H,7,11-12H2,1-6H3/t15-,16-,20+/m0/s1. The fourth-order valence-corrected chi connectivity index (χ4v) is 5.12. The molecule has 1 aliphatic carbocycles. The summed E-state index contributed by atoms with van der Waals surface area (Å²) in [5.74, 6) is 4.49. The summed E-state index contributed by atoms with van der Waals surface area (Å²) in [6.07, 6.45) is 0.900. The molecule has 1 fully saturated rings. The molecular weight excluding hydrogens is 400 g/mol. The van der Waals surface area contributed by atoms with Gasteiger partial charge in [0.1, 0.15) is 0 Å². The molecule has 168 valence electrons. The molecule has 0 bridgehead atoms. The van der Waals surface area contributed by atoms with E-state index in [0.29, 0.717) is 52.9 Å². The van der Waals surface area contributed by atoms with Gasteiger partial charge in [0.15, 0.2) is 23.0 Å². The van der Waals surface area contributed by atoms with E-state index in [4.69, 9.17) is 33.2 Å². The van der Waals surface area contributed by atoms with Gasteiger partial charge in [-0.1, -0.05) is 0 Å². The van der Waals surface area contributed by atoms with Crippen LogP contribution in [0.1, 0.15) is 22.6 Å². The summed E-state index contributed by atoms with van der Waals surface area (Å²) in [5, 5.41) is 0. The molecule has 0 saturated carbocycles. The van der Waals surface area contributed by atoms with E-state index in [0.717, 1.165) is 24.2 Å². The molecule has 1 heterocycles. The van der Waals surface area contributed by atoms with Gasteiger partial charge in [0.25, 0.3) is 0 Å². The molecule has 31 heavy (non-hydrogen) atoms. The molecule has 2 aromatic carbocycles. The number of methoxy groups -OCH3 is 6. The molecule has 1 aliphatic heterocycles. The van der Waals surface area contributed by atoms with Crippen LogP contribution in [0.15, 0.2) is 18.2 Å². The Labute approximate surface area is 183 Å². The largest absolute Gasteiger partial charge is 0.493 e. The third kappa shape index (κ3) is 3.41. The summed E-state index contributed by atoms with van der Waals surface area (Å²) in [5.41, 5.74) is 3.34. The third-order valence-corrected chi connectivity index (χ3v) is 6.47. The van der Waals surface area contributed by atoms with E-state index >= 15 is 0 Å². The molecule has 2 aromatic rings. The van der Waals surface area contributed by atoms with Crippen molar-refractivity contribution < 1.29 is 33.2 Å². The van der Waals surface area contributed by atoms with E-state index in [-0.39, 0.29) is 5.92 Å². The lowest BCUT2D eigenvalue weighted by molar-refractivity contribution is 0.179. The Kier molecular flexibility index (Phi) is 6.05. The molecule has 3 atom stereocenters. The van der Waals surface area contributed by atoms with Crippen LogP contribution in [-0.2, 0) is 11.2 Å². The summed E-state index contributed by atoms with van der Waals surface area (Å²) in [6, 6.07) is 6.11. The molecule has 0 aromatic heterocycles. The number of fused-ring (bicyclic) bond motifs is 2. The first kappa shape index (κ1) is 21.4. The van der Waals surface area contributed by atoms with Crippen LogP contribution in [-0.4, -0.2) is 55.9 Å². The second-order valence-electron chi connectivity index (χ2n) is 7.82. The maximum Gasteiger partial charge on any atom is 0.203 e. The van der Waals surface area contributed by atoms with Crippen LogP contribution < -0.4 is 28.4 Å². The van der Waals surface area contributed by atoms with Crippen molar-refractivity contribution in [1.82, 2.24) is 0 Å². The highest BCUT2D eigenvalue weighted by Crippen LogP contribution is 2.55. The van der Waals surface area contributed by atoms with Crippen LogP contribution in [0.5, 0.6) is 34.5 Å². The Morgan fingerprint density at radius 1 is 0.677 bits per heavy atom. The topological polar surface area (TPSA) is 64.6 Å². The fourth-order valence-electron chi connectivity index (χ4n) is 5.12. The highest BCUT2D eigenvalue weighted by molar-refractivity contribution is 5.64. The molecule has 4 rings (SSSR count). The van der Waals surface area contributed by atoms with E-state index in [1.165, 1.54) is 5.56 Å². The Bertz CT molecular complexity index is 930. The Morgan fingerprint density at radius 3 is 1.81 bits per heavy atom. The predicted octanol–water partition coefficient (Wildman–Crippen LogP) is 3.69. The number of hydrogen-bond acceptors (Lipinski definition) is 7. The molecule has 0 radical (unpaired) electrons. The van der Waals surface area contributed by atoms with E-state index in [2.05, 4.69) is 6.07 Å². The quantitative estimate of drug-likeness (QED) is 0.664. The molecule has 0 amide bonds. The van der Waals surface area contributed by atoms with Gasteiger partial charge in [0.05, 0.1) is 55.9 Å². The summed E-state index contributed by atoms with van der Waals surface area (Å²) in [7, 11) is 9.81. The molecule has 1 saturated heterocycles. The number of rotatable bonds is 7. The monoisotopic (exact) mass is 430 g/mol. The van der Waals surface area contributed by atoms with Gasteiger partial charge in [0, 0.05) is 11.5 Å². The van der Waals surface area contributed by atoms with Gasteiger partial charge in [-0.15, -0.1) is 0 Å². The number of hydrogen-bond donors (Lipinski definition) is 0. The Balaban J connectivity index is 1.99. The van der Waals surface area contributed by atoms with Crippen molar-refractivity contribution in [2.75, 3.05) is 55.9 Å². The van der Waals surface area contributed by atoms with Crippen LogP contribution in [0.3, 0.4) is 0 Å². The second kappa shape index (κ2) is 8.75. The molecule has 7 nitrogen and oxygen atoms in total. The van der Waals surface area contributed by atoms with Crippen LogP contribution in [0.25, 0.3) is 0 Å². The van der Waals surface area contributed by atoms with Crippen molar-refractivity contribution in [2.24, 2.45) is 11.8 Å². The summed E-state index contributed by atoms with van der Waals surface area (Å²) in [4.78, 5) is 0. The Morgan fingerprint density at radius 2 is 1.26 bits per heavy atom. The third-order valence-electron chi connectivity index (χ3n) is 6.47. The van der Waals surface area contributed by atoms with Crippen molar-refractivity contribution in [1.29, 1.82) is 0 Å². The molecular formula is C24H30O7. The smallest absolute Gasteiger partial charge is 0.203 e. The zero-order valence-corrected chi connectivity index (χ0v) is 18.9. The number of benzene rings is 2. The molecule has 2 aliphatic rings. The second-order valence-corrected chi connectivity index (χ2v) is 7.82. The average molecular weight is 430 g/mol. The van der Waals surface area contributed by atoms with Gasteiger partial charge in [-0.25, -0.2) is 0 Å². The lowest BCUT2D eigenvalue weighted by atomic mass is 9.67. The predicted molar refractivity (Wildman–Crippen MR) is 116 cm³/mol. The maximum absolute atomic E-state index is 5.93. The van der Waals surface area contributed by atoms with E-state index < -0.39 is 0 Å². The van der Waals surface area contributed by atoms with Crippen LogP contribution in [0.4, 0.5) is 0 Å². The lowest BCUT2D eigenvalue weighted by Crippen LogP contribution is -2.30.